The first-order valence-electron chi connectivity index (χ1n) is 8.43. The van der Waals surface area contributed by atoms with Gasteiger partial charge in [-0.1, -0.05) is 40.0 Å². The van der Waals surface area contributed by atoms with Crippen LogP contribution in [0.1, 0.15) is 72.1 Å². The van der Waals surface area contributed by atoms with E-state index in [1.807, 2.05) is 0 Å². The molecule has 0 aromatic heterocycles. The molecule has 1 spiro atoms. The van der Waals surface area contributed by atoms with Crippen LogP contribution in [0, 0.1) is 11.3 Å². The minimum absolute atomic E-state index is 0.261. The van der Waals surface area contributed by atoms with E-state index < -0.39 is 0 Å². The van der Waals surface area contributed by atoms with Gasteiger partial charge >= 0.3 is 0 Å². The molecule has 1 atom stereocenters. The summed E-state index contributed by atoms with van der Waals surface area (Å²) < 4.78 is 6.24. The molecule has 2 heteroatoms. The van der Waals surface area contributed by atoms with Crippen LogP contribution in [0.4, 0.5) is 0 Å². The van der Waals surface area contributed by atoms with Crippen LogP contribution in [0.25, 0.3) is 0 Å². The van der Waals surface area contributed by atoms with E-state index >= 15 is 0 Å². The molecule has 1 unspecified atom stereocenters. The monoisotopic (exact) mass is 267 g/mol. The third kappa shape index (κ3) is 3.95. The molecule has 2 rings (SSSR count). The first-order valence-corrected chi connectivity index (χ1v) is 8.43. The Morgan fingerprint density at radius 2 is 1.95 bits per heavy atom. The van der Waals surface area contributed by atoms with Crippen LogP contribution >= 0.6 is 0 Å². The molecule has 2 fully saturated rings. The fraction of sp³-hybridized carbons (Fsp3) is 1.00. The van der Waals surface area contributed by atoms with E-state index in [4.69, 9.17) is 4.74 Å². The van der Waals surface area contributed by atoms with Gasteiger partial charge in [0.2, 0.25) is 0 Å². The SMILES string of the molecule is CCNCCC(C)(C)C1CCOC2(CCCCC2)C1. The molecule has 1 aliphatic carbocycles. The Morgan fingerprint density at radius 1 is 1.21 bits per heavy atom. The topological polar surface area (TPSA) is 21.3 Å². The summed E-state index contributed by atoms with van der Waals surface area (Å²) in [6, 6.07) is 0. The number of ether oxygens (including phenoxy) is 1. The van der Waals surface area contributed by atoms with Crippen molar-refractivity contribution in [2.75, 3.05) is 19.7 Å². The minimum atomic E-state index is 0.261. The number of hydrogen-bond acceptors (Lipinski definition) is 2. The first kappa shape index (κ1) is 15.3. The molecule has 1 heterocycles. The van der Waals surface area contributed by atoms with Crippen molar-refractivity contribution in [1.82, 2.24) is 5.32 Å². The van der Waals surface area contributed by atoms with Crippen LogP contribution in [0.15, 0.2) is 0 Å². The molecule has 1 saturated carbocycles. The zero-order chi connectivity index (χ0) is 13.8. The van der Waals surface area contributed by atoms with Crippen molar-refractivity contribution in [3.05, 3.63) is 0 Å². The van der Waals surface area contributed by atoms with Gasteiger partial charge in [0.25, 0.3) is 0 Å². The quantitative estimate of drug-likeness (QED) is 0.756. The zero-order valence-electron chi connectivity index (χ0n) is 13.3. The molecule has 2 nitrogen and oxygen atoms in total. The Kier molecular flexibility index (Phi) is 5.30. The Labute approximate surface area is 119 Å². The van der Waals surface area contributed by atoms with Crippen molar-refractivity contribution in [3.8, 4) is 0 Å². The van der Waals surface area contributed by atoms with Gasteiger partial charge < -0.3 is 10.1 Å². The van der Waals surface area contributed by atoms with E-state index in [1.54, 1.807) is 0 Å². The second-order valence-corrected chi connectivity index (χ2v) is 7.37. The third-order valence-electron chi connectivity index (χ3n) is 5.56. The summed E-state index contributed by atoms with van der Waals surface area (Å²) >= 11 is 0. The highest BCUT2D eigenvalue weighted by molar-refractivity contribution is 4.93. The molecule has 0 bridgehead atoms. The Balaban J connectivity index is 1.91. The lowest BCUT2D eigenvalue weighted by atomic mass is 9.66. The van der Waals surface area contributed by atoms with Crippen LogP contribution in [-0.4, -0.2) is 25.3 Å². The summed E-state index contributed by atoms with van der Waals surface area (Å²) in [5.41, 5.74) is 0.715. The molecule has 1 aliphatic heterocycles. The average Bonchev–Trinajstić information content (AvgIpc) is 2.40. The molecule has 0 aromatic carbocycles. The summed E-state index contributed by atoms with van der Waals surface area (Å²) in [7, 11) is 0. The fourth-order valence-corrected chi connectivity index (χ4v) is 4.03. The molecule has 1 N–H and O–H groups in total. The van der Waals surface area contributed by atoms with Crippen molar-refractivity contribution in [2.24, 2.45) is 11.3 Å². The van der Waals surface area contributed by atoms with Crippen LogP contribution in [0.2, 0.25) is 0 Å². The second-order valence-electron chi connectivity index (χ2n) is 7.37. The van der Waals surface area contributed by atoms with Crippen molar-refractivity contribution in [1.29, 1.82) is 0 Å². The van der Waals surface area contributed by atoms with Gasteiger partial charge in [-0.2, -0.15) is 0 Å². The van der Waals surface area contributed by atoms with Gasteiger partial charge in [-0.3, -0.25) is 0 Å². The van der Waals surface area contributed by atoms with Crippen LogP contribution in [0.3, 0.4) is 0 Å². The first-order chi connectivity index (χ1) is 9.08. The van der Waals surface area contributed by atoms with Crippen LogP contribution < -0.4 is 5.32 Å². The minimum Gasteiger partial charge on any atom is -0.375 e. The molecule has 19 heavy (non-hydrogen) atoms. The Bertz CT molecular complexity index is 263. The molecular formula is C17H33NO. The van der Waals surface area contributed by atoms with Gasteiger partial charge in [-0.05, 0) is 56.5 Å². The normalized spacial score (nSPS) is 27.6. The van der Waals surface area contributed by atoms with E-state index in [0.717, 1.165) is 25.6 Å². The maximum absolute atomic E-state index is 6.24. The number of rotatable bonds is 5. The highest BCUT2D eigenvalue weighted by Gasteiger charge is 2.42. The molecule has 0 aromatic rings. The highest BCUT2D eigenvalue weighted by Crippen LogP contribution is 2.47. The lowest BCUT2D eigenvalue weighted by Crippen LogP contribution is -2.45. The van der Waals surface area contributed by atoms with E-state index in [0.29, 0.717) is 5.41 Å². The second kappa shape index (κ2) is 6.58. The molecule has 0 amide bonds. The van der Waals surface area contributed by atoms with E-state index in [-0.39, 0.29) is 5.60 Å². The van der Waals surface area contributed by atoms with Crippen molar-refractivity contribution >= 4 is 0 Å². The van der Waals surface area contributed by atoms with E-state index in [2.05, 4.69) is 26.1 Å². The van der Waals surface area contributed by atoms with Gasteiger partial charge in [0, 0.05) is 6.61 Å². The zero-order valence-corrected chi connectivity index (χ0v) is 13.3. The highest BCUT2D eigenvalue weighted by atomic mass is 16.5. The maximum Gasteiger partial charge on any atom is 0.0685 e. The van der Waals surface area contributed by atoms with Crippen molar-refractivity contribution in [3.63, 3.8) is 0 Å². The van der Waals surface area contributed by atoms with Gasteiger partial charge in [-0.15, -0.1) is 0 Å². The van der Waals surface area contributed by atoms with Crippen LogP contribution in [-0.2, 0) is 4.74 Å². The fourth-order valence-electron chi connectivity index (χ4n) is 4.03. The number of hydrogen-bond donors (Lipinski definition) is 1. The van der Waals surface area contributed by atoms with Crippen molar-refractivity contribution in [2.45, 2.75) is 77.7 Å². The lowest BCUT2D eigenvalue weighted by Gasteiger charge is -2.48. The standard InChI is InChI=1S/C17H33NO/c1-4-18-12-11-16(2,3)15-8-13-19-17(14-15)9-6-5-7-10-17/h15,18H,4-14H2,1-3H3. The summed E-state index contributed by atoms with van der Waals surface area (Å²) in [6.07, 6.45) is 10.7. The van der Waals surface area contributed by atoms with Crippen LogP contribution in [0.5, 0.6) is 0 Å². The van der Waals surface area contributed by atoms with E-state index in [1.165, 1.54) is 51.4 Å². The predicted molar refractivity (Wildman–Crippen MR) is 81.4 cm³/mol. The molecule has 2 aliphatic rings. The summed E-state index contributed by atoms with van der Waals surface area (Å²) in [5, 5.41) is 3.48. The van der Waals surface area contributed by atoms with Crippen molar-refractivity contribution < 1.29 is 4.74 Å². The summed E-state index contributed by atoms with van der Waals surface area (Å²) in [5.74, 6) is 0.845. The Morgan fingerprint density at radius 3 is 2.63 bits per heavy atom. The predicted octanol–water partition coefficient (Wildman–Crippen LogP) is 4.14. The molecular weight excluding hydrogens is 234 g/mol. The maximum atomic E-state index is 6.24. The van der Waals surface area contributed by atoms with Gasteiger partial charge in [0.15, 0.2) is 0 Å². The van der Waals surface area contributed by atoms with Gasteiger partial charge in [-0.25, -0.2) is 0 Å². The lowest BCUT2D eigenvalue weighted by molar-refractivity contribution is -0.134. The smallest absolute Gasteiger partial charge is 0.0685 e. The number of nitrogens with one attached hydrogen (secondary N) is 1. The summed E-state index contributed by atoms with van der Waals surface area (Å²) in [6.45, 7) is 10.4. The summed E-state index contributed by atoms with van der Waals surface area (Å²) in [4.78, 5) is 0. The van der Waals surface area contributed by atoms with Gasteiger partial charge in [0.05, 0.1) is 5.60 Å². The largest absolute Gasteiger partial charge is 0.375 e. The van der Waals surface area contributed by atoms with Gasteiger partial charge in [0.1, 0.15) is 0 Å². The molecule has 0 radical (unpaired) electrons. The molecule has 1 saturated heterocycles. The molecule has 112 valence electrons. The Hall–Kier alpha value is -0.0800. The third-order valence-corrected chi connectivity index (χ3v) is 5.56. The van der Waals surface area contributed by atoms with E-state index in [9.17, 15) is 0 Å². The average molecular weight is 267 g/mol.